The number of ketones is 1. The second-order valence-corrected chi connectivity index (χ2v) is 14.0. The van der Waals surface area contributed by atoms with E-state index in [0.29, 0.717) is 35.0 Å². The highest BCUT2D eigenvalue weighted by atomic mass is 32.2. The van der Waals surface area contributed by atoms with Crippen molar-refractivity contribution in [2.75, 3.05) is 0 Å². The zero-order valence-corrected chi connectivity index (χ0v) is 26.4. The fourth-order valence-electron chi connectivity index (χ4n) is 6.94. The summed E-state index contributed by atoms with van der Waals surface area (Å²) in [5, 5.41) is 1.54. The molecule has 4 aromatic carbocycles. The lowest BCUT2D eigenvalue weighted by atomic mass is 9.72. The van der Waals surface area contributed by atoms with E-state index in [9.17, 15) is 18.0 Å². The van der Waals surface area contributed by atoms with Crippen LogP contribution >= 0.6 is 0 Å². The molecule has 0 bridgehead atoms. The summed E-state index contributed by atoms with van der Waals surface area (Å²) in [6, 6.07) is 31.6. The molecule has 2 aromatic heterocycles. The Balaban J connectivity index is 1.42. The molecule has 1 aliphatic heterocycles. The SMILES string of the molecule is CCCCc1c(C(=O)CC2(C)C(=O)n3c(cc4ccccc43)-c3ccccc32)c2ccccc2n1S(=O)(=O)c1ccc(C)cc1. The highest BCUT2D eigenvalue weighted by Gasteiger charge is 2.45. The normalized spacial score (nSPS) is 16.2. The van der Waals surface area contributed by atoms with Crippen molar-refractivity contribution in [3.8, 4) is 11.3 Å². The van der Waals surface area contributed by atoms with Crippen LogP contribution in [0.15, 0.2) is 108 Å². The van der Waals surface area contributed by atoms with Crippen LogP contribution in [0.5, 0.6) is 0 Å². The van der Waals surface area contributed by atoms with Gasteiger partial charge in [-0.15, -0.1) is 0 Å². The molecule has 0 saturated carbocycles. The molecule has 1 unspecified atom stereocenters. The first kappa shape index (κ1) is 29.0. The Morgan fingerprint density at radius 2 is 1.51 bits per heavy atom. The number of benzene rings is 4. The Labute approximate surface area is 263 Å². The van der Waals surface area contributed by atoms with Gasteiger partial charge in [0.25, 0.3) is 10.0 Å². The zero-order valence-electron chi connectivity index (χ0n) is 25.6. The van der Waals surface area contributed by atoms with E-state index in [1.165, 1.54) is 3.97 Å². The summed E-state index contributed by atoms with van der Waals surface area (Å²) < 4.78 is 31.7. The Bertz CT molecular complexity index is 2260. The van der Waals surface area contributed by atoms with Crippen molar-refractivity contribution in [2.24, 2.45) is 0 Å². The number of carbonyl (C=O) groups excluding carboxylic acids is 2. The fourth-order valence-corrected chi connectivity index (χ4v) is 8.52. The molecule has 1 aliphatic rings. The smallest absolute Gasteiger partial charge is 0.268 e. The number of rotatable bonds is 8. The third-order valence-corrected chi connectivity index (χ3v) is 11.0. The lowest BCUT2D eigenvalue weighted by molar-refractivity contribution is 0.0760. The van der Waals surface area contributed by atoms with E-state index < -0.39 is 15.4 Å². The third kappa shape index (κ3) is 4.40. The molecular weight excluding hydrogens is 580 g/mol. The summed E-state index contributed by atoms with van der Waals surface area (Å²) in [6.45, 7) is 5.80. The lowest BCUT2D eigenvalue weighted by Gasteiger charge is -2.35. The van der Waals surface area contributed by atoms with Gasteiger partial charge in [0, 0.05) is 34.0 Å². The van der Waals surface area contributed by atoms with Gasteiger partial charge in [-0.1, -0.05) is 91.7 Å². The van der Waals surface area contributed by atoms with E-state index >= 15 is 0 Å². The quantitative estimate of drug-likeness (QED) is 0.162. The predicted molar refractivity (Wildman–Crippen MR) is 179 cm³/mol. The summed E-state index contributed by atoms with van der Waals surface area (Å²) in [5.74, 6) is -0.419. The van der Waals surface area contributed by atoms with Gasteiger partial charge >= 0.3 is 0 Å². The number of fused-ring (bicyclic) bond motifs is 6. The molecule has 0 aliphatic carbocycles. The number of hydrogen-bond donors (Lipinski definition) is 0. The van der Waals surface area contributed by atoms with Crippen molar-refractivity contribution in [1.29, 1.82) is 0 Å². The average Bonchev–Trinajstić information content (AvgIpc) is 3.60. The van der Waals surface area contributed by atoms with Gasteiger partial charge in [-0.2, -0.15) is 0 Å². The number of unbranched alkanes of at least 4 members (excludes halogenated alkanes) is 1. The van der Waals surface area contributed by atoms with Gasteiger partial charge in [-0.25, -0.2) is 12.4 Å². The molecular formula is C38H34N2O4S. The first-order valence-electron chi connectivity index (χ1n) is 15.4. The van der Waals surface area contributed by atoms with E-state index in [1.807, 2.05) is 87.5 Å². The Hall–Kier alpha value is -4.75. The summed E-state index contributed by atoms with van der Waals surface area (Å²) in [7, 11) is -4.03. The van der Waals surface area contributed by atoms with E-state index in [4.69, 9.17) is 0 Å². The number of para-hydroxylation sites is 2. The average molecular weight is 615 g/mol. The maximum absolute atomic E-state index is 14.7. The van der Waals surface area contributed by atoms with Crippen molar-refractivity contribution in [1.82, 2.24) is 8.54 Å². The maximum atomic E-state index is 14.7. The minimum atomic E-state index is -4.03. The molecule has 0 amide bonds. The molecule has 7 heteroatoms. The molecule has 0 fully saturated rings. The maximum Gasteiger partial charge on any atom is 0.268 e. The molecule has 6 nitrogen and oxygen atoms in total. The highest BCUT2D eigenvalue weighted by Crippen LogP contribution is 2.45. The van der Waals surface area contributed by atoms with Gasteiger partial charge in [0.2, 0.25) is 5.91 Å². The molecule has 1 atom stereocenters. The van der Waals surface area contributed by atoms with Crippen LogP contribution in [0.4, 0.5) is 0 Å². The molecule has 6 aromatic rings. The van der Waals surface area contributed by atoms with Crippen LogP contribution in [0.25, 0.3) is 33.1 Å². The number of aromatic nitrogens is 2. The van der Waals surface area contributed by atoms with E-state index in [2.05, 4.69) is 0 Å². The Morgan fingerprint density at radius 3 is 2.27 bits per heavy atom. The molecule has 226 valence electrons. The van der Waals surface area contributed by atoms with Crippen LogP contribution in [-0.2, 0) is 21.9 Å². The summed E-state index contributed by atoms with van der Waals surface area (Å²) >= 11 is 0. The topological polar surface area (TPSA) is 78.1 Å². The summed E-state index contributed by atoms with van der Waals surface area (Å²) in [6.07, 6.45) is 1.84. The Morgan fingerprint density at radius 1 is 0.844 bits per heavy atom. The van der Waals surface area contributed by atoms with Crippen molar-refractivity contribution in [3.63, 3.8) is 0 Å². The van der Waals surface area contributed by atoms with E-state index in [-0.39, 0.29) is 23.0 Å². The monoisotopic (exact) mass is 614 g/mol. The molecule has 7 rings (SSSR count). The number of aryl methyl sites for hydroxylation is 1. The standard InChI is InChI=1S/C38H34N2O4S/c1-4-5-16-33-36(29-14-8-11-18-32(29)40(33)45(43,44)27-21-19-25(2)20-22-27)35(41)24-38(3)30-15-9-7-13-28(30)34-23-26-12-6-10-17-31(26)39(34)37(38)42/h6-15,17-23H,4-5,16,24H2,1-3H3. The summed E-state index contributed by atoms with van der Waals surface area (Å²) in [5.41, 5.74) is 4.42. The van der Waals surface area contributed by atoms with Crippen LogP contribution in [-0.4, -0.2) is 28.6 Å². The van der Waals surface area contributed by atoms with Gasteiger partial charge in [0.1, 0.15) is 0 Å². The zero-order chi connectivity index (χ0) is 31.5. The highest BCUT2D eigenvalue weighted by molar-refractivity contribution is 7.90. The van der Waals surface area contributed by atoms with Crippen molar-refractivity contribution in [2.45, 2.75) is 56.8 Å². The van der Waals surface area contributed by atoms with Crippen LogP contribution in [0.1, 0.15) is 65.1 Å². The molecule has 45 heavy (non-hydrogen) atoms. The van der Waals surface area contributed by atoms with Gasteiger partial charge in [0.05, 0.1) is 27.0 Å². The molecule has 0 saturated heterocycles. The van der Waals surface area contributed by atoms with E-state index in [1.54, 1.807) is 41.0 Å². The molecule has 0 radical (unpaired) electrons. The predicted octanol–water partition coefficient (Wildman–Crippen LogP) is 8.34. The van der Waals surface area contributed by atoms with Crippen LogP contribution < -0.4 is 0 Å². The fraction of sp³-hybridized carbons (Fsp3) is 0.211. The second-order valence-electron chi connectivity index (χ2n) is 12.2. The van der Waals surface area contributed by atoms with E-state index in [0.717, 1.165) is 39.7 Å². The number of nitrogens with zero attached hydrogens (tertiary/aromatic N) is 2. The molecule has 0 N–H and O–H groups in total. The van der Waals surface area contributed by atoms with Crippen LogP contribution in [0.3, 0.4) is 0 Å². The second kappa shape index (κ2) is 10.7. The first-order chi connectivity index (χ1) is 21.7. The van der Waals surface area contributed by atoms with Gasteiger partial charge < -0.3 is 0 Å². The molecule has 0 spiro atoms. The van der Waals surface area contributed by atoms with Crippen molar-refractivity contribution < 1.29 is 18.0 Å². The van der Waals surface area contributed by atoms with Gasteiger partial charge in [-0.05, 0) is 62.6 Å². The van der Waals surface area contributed by atoms with Crippen molar-refractivity contribution in [3.05, 3.63) is 126 Å². The number of Topliss-reactive ketones (excluding diaryl/α,β-unsaturated/α-hetero) is 1. The number of carbonyl (C=O) groups is 2. The third-order valence-electron chi connectivity index (χ3n) is 9.23. The minimum Gasteiger partial charge on any atom is -0.294 e. The van der Waals surface area contributed by atoms with Crippen molar-refractivity contribution >= 4 is 43.5 Å². The number of hydrogen-bond acceptors (Lipinski definition) is 4. The lowest BCUT2D eigenvalue weighted by Crippen LogP contribution is -2.42. The Kier molecular flexibility index (Phi) is 6.89. The van der Waals surface area contributed by atoms with Crippen LogP contribution in [0, 0.1) is 6.92 Å². The molecule has 3 heterocycles. The largest absolute Gasteiger partial charge is 0.294 e. The summed E-state index contributed by atoms with van der Waals surface area (Å²) in [4.78, 5) is 29.5. The van der Waals surface area contributed by atoms with Gasteiger partial charge in [0.15, 0.2) is 5.78 Å². The van der Waals surface area contributed by atoms with Crippen LogP contribution in [0.2, 0.25) is 0 Å². The van der Waals surface area contributed by atoms with Gasteiger partial charge in [-0.3, -0.25) is 14.2 Å². The minimum absolute atomic E-state index is 0.105. The first-order valence-corrected chi connectivity index (χ1v) is 16.8.